The van der Waals surface area contributed by atoms with E-state index in [1.165, 1.54) is 10.5 Å². The van der Waals surface area contributed by atoms with Gasteiger partial charge in [0.2, 0.25) is 0 Å². The highest BCUT2D eigenvalue weighted by Gasteiger charge is 2.11. The van der Waals surface area contributed by atoms with Crippen LogP contribution in [0.25, 0.3) is 16.7 Å². The first-order valence-corrected chi connectivity index (χ1v) is 8.08. The van der Waals surface area contributed by atoms with Crippen molar-refractivity contribution in [2.75, 3.05) is 0 Å². The van der Waals surface area contributed by atoms with E-state index in [-0.39, 0.29) is 23.7 Å². The summed E-state index contributed by atoms with van der Waals surface area (Å²) in [5, 5.41) is 2.78. The lowest BCUT2D eigenvalue weighted by Gasteiger charge is -2.06. The minimum Gasteiger partial charge on any atom is -0.347 e. The monoisotopic (exact) mass is 384 g/mol. The summed E-state index contributed by atoms with van der Waals surface area (Å²) < 4.78 is 1.39. The molecule has 1 aromatic carbocycles. The number of nitrogens with one attached hydrogen (secondary N) is 2. The number of rotatable bonds is 4. The number of nitrogens with two attached hydrogens (primary N) is 1. The molecule has 0 aliphatic heterocycles. The van der Waals surface area contributed by atoms with Crippen LogP contribution in [0.4, 0.5) is 0 Å². The Morgan fingerprint density at radius 2 is 2.04 bits per heavy atom. The van der Waals surface area contributed by atoms with Crippen molar-refractivity contribution in [2.45, 2.75) is 13.1 Å². The lowest BCUT2D eigenvalue weighted by molar-refractivity contribution is 0.0946. The zero-order chi connectivity index (χ0) is 18.1. The second kappa shape index (κ2) is 7.56. The standard InChI is InChI=1S/C18H16N6O2.ClH/c19-9-15-21-12-5-4-11(7-13(12)22-15)10-20-18(26)14-8-17(25)24-6-2-1-3-16(24)23-14;/h1-8H,9-10,19H2,(H,20,26)(H,21,22);1H. The Morgan fingerprint density at radius 1 is 1.19 bits per heavy atom. The Balaban J connectivity index is 0.00000210. The normalized spacial score (nSPS) is 10.7. The van der Waals surface area contributed by atoms with Gasteiger partial charge in [0.05, 0.1) is 17.6 Å². The molecule has 4 N–H and O–H groups in total. The summed E-state index contributed by atoms with van der Waals surface area (Å²) in [7, 11) is 0. The molecule has 0 fully saturated rings. The van der Waals surface area contributed by atoms with Gasteiger partial charge in [-0.2, -0.15) is 0 Å². The third-order valence-electron chi connectivity index (χ3n) is 4.05. The van der Waals surface area contributed by atoms with Gasteiger partial charge in [0.15, 0.2) is 0 Å². The number of imidazole rings is 1. The zero-order valence-electron chi connectivity index (χ0n) is 14.2. The average Bonchev–Trinajstić information content (AvgIpc) is 3.08. The maximum absolute atomic E-state index is 12.4. The van der Waals surface area contributed by atoms with Crippen molar-refractivity contribution in [2.24, 2.45) is 5.73 Å². The number of carbonyl (C=O) groups is 1. The Bertz CT molecular complexity index is 1180. The van der Waals surface area contributed by atoms with E-state index in [1.807, 2.05) is 18.2 Å². The highest BCUT2D eigenvalue weighted by molar-refractivity contribution is 5.92. The molecule has 0 saturated heterocycles. The molecule has 4 rings (SSSR count). The second-order valence-corrected chi connectivity index (χ2v) is 5.83. The van der Waals surface area contributed by atoms with E-state index in [4.69, 9.17) is 5.73 Å². The van der Waals surface area contributed by atoms with Gasteiger partial charge in [0.25, 0.3) is 11.5 Å². The number of halogens is 1. The molecule has 0 aliphatic rings. The summed E-state index contributed by atoms with van der Waals surface area (Å²) in [4.78, 5) is 36.1. The smallest absolute Gasteiger partial charge is 0.270 e. The molecule has 8 nitrogen and oxygen atoms in total. The number of carbonyl (C=O) groups excluding carboxylic acids is 1. The predicted molar refractivity (Wildman–Crippen MR) is 104 cm³/mol. The SMILES string of the molecule is Cl.NCc1nc2ccc(CNC(=O)c3cc(=O)n4ccccc4n3)cc2[nH]1. The van der Waals surface area contributed by atoms with Crippen LogP contribution in [0.2, 0.25) is 0 Å². The van der Waals surface area contributed by atoms with Crippen LogP contribution in [-0.2, 0) is 13.1 Å². The van der Waals surface area contributed by atoms with Crippen LogP contribution < -0.4 is 16.6 Å². The van der Waals surface area contributed by atoms with E-state index in [2.05, 4.69) is 20.3 Å². The minimum atomic E-state index is -0.402. The van der Waals surface area contributed by atoms with Crippen LogP contribution in [0, 0.1) is 0 Å². The van der Waals surface area contributed by atoms with Crippen LogP contribution in [0.3, 0.4) is 0 Å². The van der Waals surface area contributed by atoms with Gasteiger partial charge in [-0.15, -0.1) is 12.4 Å². The van der Waals surface area contributed by atoms with Gasteiger partial charge in [-0.1, -0.05) is 12.1 Å². The van der Waals surface area contributed by atoms with Gasteiger partial charge in [0, 0.05) is 18.8 Å². The topological polar surface area (TPSA) is 118 Å². The first kappa shape index (κ1) is 18.6. The Hall–Kier alpha value is -3.23. The number of aromatic amines is 1. The highest BCUT2D eigenvalue weighted by Crippen LogP contribution is 2.13. The fourth-order valence-corrected chi connectivity index (χ4v) is 2.76. The number of fused-ring (bicyclic) bond motifs is 2. The van der Waals surface area contributed by atoms with Crippen molar-refractivity contribution in [1.82, 2.24) is 24.7 Å². The van der Waals surface area contributed by atoms with E-state index in [9.17, 15) is 9.59 Å². The highest BCUT2D eigenvalue weighted by atomic mass is 35.5. The number of nitrogens with zero attached hydrogens (tertiary/aromatic N) is 3. The number of benzene rings is 1. The first-order valence-electron chi connectivity index (χ1n) is 8.08. The van der Waals surface area contributed by atoms with Crippen LogP contribution in [-0.4, -0.2) is 25.3 Å². The van der Waals surface area contributed by atoms with Gasteiger partial charge < -0.3 is 16.0 Å². The Kier molecular flexibility index (Phi) is 5.20. The van der Waals surface area contributed by atoms with Crippen LogP contribution in [0.1, 0.15) is 21.9 Å². The lowest BCUT2D eigenvalue weighted by Crippen LogP contribution is -2.26. The fraction of sp³-hybridized carbons (Fsp3) is 0.111. The van der Waals surface area contributed by atoms with Crippen LogP contribution >= 0.6 is 12.4 Å². The molecular formula is C18H17ClN6O2. The lowest BCUT2D eigenvalue weighted by atomic mass is 10.2. The number of amides is 1. The largest absolute Gasteiger partial charge is 0.347 e. The zero-order valence-corrected chi connectivity index (χ0v) is 15.0. The summed E-state index contributed by atoms with van der Waals surface area (Å²) in [6.07, 6.45) is 1.61. The van der Waals surface area contributed by atoms with Crippen molar-refractivity contribution in [3.05, 3.63) is 76.1 Å². The van der Waals surface area contributed by atoms with E-state index in [0.29, 0.717) is 24.6 Å². The number of hydrogen-bond acceptors (Lipinski definition) is 5. The molecule has 0 radical (unpaired) electrons. The number of pyridine rings is 1. The molecule has 27 heavy (non-hydrogen) atoms. The third-order valence-corrected chi connectivity index (χ3v) is 4.05. The quantitative estimate of drug-likeness (QED) is 0.491. The molecule has 138 valence electrons. The summed E-state index contributed by atoms with van der Waals surface area (Å²) in [5.41, 5.74) is 8.39. The van der Waals surface area contributed by atoms with Crippen molar-refractivity contribution in [3.63, 3.8) is 0 Å². The molecule has 0 saturated carbocycles. The molecule has 0 bridgehead atoms. The summed E-state index contributed by atoms with van der Waals surface area (Å²) >= 11 is 0. The van der Waals surface area contributed by atoms with Crippen LogP contribution in [0.5, 0.6) is 0 Å². The molecule has 0 aliphatic carbocycles. The van der Waals surface area contributed by atoms with E-state index >= 15 is 0 Å². The maximum Gasteiger partial charge on any atom is 0.270 e. The average molecular weight is 385 g/mol. The molecule has 4 aromatic rings. The van der Waals surface area contributed by atoms with Crippen molar-refractivity contribution < 1.29 is 4.79 Å². The van der Waals surface area contributed by atoms with Gasteiger partial charge in [-0.25, -0.2) is 9.97 Å². The summed E-state index contributed by atoms with van der Waals surface area (Å²) in [5.74, 6) is 0.308. The van der Waals surface area contributed by atoms with Crippen molar-refractivity contribution in [1.29, 1.82) is 0 Å². The summed E-state index contributed by atoms with van der Waals surface area (Å²) in [6.45, 7) is 0.644. The van der Waals surface area contributed by atoms with Crippen LogP contribution in [0.15, 0.2) is 53.5 Å². The fourth-order valence-electron chi connectivity index (χ4n) is 2.76. The predicted octanol–water partition coefficient (Wildman–Crippen LogP) is 1.38. The summed E-state index contributed by atoms with van der Waals surface area (Å²) in [6, 6.07) is 12.1. The second-order valence-electron chi connectivity index (χ2n) is 5.83. The van der Waals surface area contributed by atoms with E-state index in [0.717, 1.165) is 16.6 Å². The molecule has 9 heteroatoms. The Morgan fingerprint density at radius 3 is 2.85 bits per heavy atom. The number of aromatic nitrogens is 4. The van der Waals surface area contributed by atoms with Gasteiger partial charge in [0.1, 0.15) is 17.2 Å². The maximum atomic E-state index is 12.4. The van der Waals surface area contributed by atoms with Gasteiger partial charge in [-0.3, -0.25) is 14.0 Å². The van der Waals surface area contributed by atoms with Gasteiger partial charge in [-0.05, 0) is 29.8 Å². The number of H-pyrrole nitrogens is 1. The number of hydrogen-bond donors (Lipinski definition) is 3. The minimum absolute atomic E-state index is 0. The molecule has 0 unspecified atom stereocenters. The Labute approximate surface area is 159 Å². The molecule has 1 amide bonds. The van der Waals surface area contributed by atoms with Crippen molar-refractivity contribution >= 4 is 35.0 Å². The molecular weight excluding hydrogens is 368 g/mol. The third kappa shape index (κ3) is 3.67. The molecule has 0 spiro atoms. The van der Waals surface area contributed by atoms with E-state index < -0.39 is 5.91 Å². The first-order chi connectivity index (χ1) is 12.6. The van der Waals surface area contributed by atoms with Gasteiger partial charge >= 0.3 is 0 Å². The molecule has 3 aromatic heterocycles. The molecule has 3 heterocycles. The van der Waals surface area contributed by atoms with Crippen molar-refractivity contribution in [3.8, 4) is 0 Å². The van der Waals surface area contributed by atoms with E-state index in [1.54, 1.807) is 24.4 Å². The molecule has 0 atom stereocenters.